The second-order valence-electron chi connectivity index (χ2n) is 6.97. The van der Waals surface area contributed by atoms with Crippen LogP contribution in [0.2, 0.25) is 0 Å². The number of rotatable bonds is 4. The van der Waals surface area contributed by atoms with Crippen LogP contribution in [0.1, 0.15) is 30.4 Å². The van der Waals surface area contributed by atoms with Crippen LogP contribution in [0.25, 0.3) is 11.1 Å². The van der Waals surface area contributed by atoms with Crippen molar-refractivity contribution in [2.24, 2.45) is 0 Å². The third-order valence-corrected chi connectivity index (χ3v) is 5.79. The summed E-state index contributed by atoms with van der Waals surface area (Å²) in [6, 6.07) is 18.1. The van der Waals surface area contributed by atoms with E-state index in [-0.39, 0.29) is 5.41 Å². The monoisotopic (exact) mass is 306 g/mol. The average Bonchev–Trinajstić information content (AvgIpc) is 2.88. The van der Waals surface area contributed by atoms with Gasteiger partial charge in [0.2, 0.25) is 0 Å². The van der Waals surface area contributed by atoms with Crippen LogP contribution in [0.4, 0.5) is 0 Å². The summed E-state index contributed by atoms with van der Waals surface area (Å²) in [5.41, 5.74) is 6.32. The highest BCUT2D eigenvalue weighted by molar-refractivity contribution is 5.81. The van der Waals surface area contributed by atoms with Crippen LogP contribution in [0.5, 0.6) is 0 Å². The van der Waals surface area contributed by atoms with E-state index in [2.05, 4.69) is 58.7 Å². The lowest BCUT2D eigenvalue weighted by atomic mass is 9.71. The minimum atomic E-state index is 0.257. The van der Waals surface area contributed by atoms with E-state index in [9.17, 15) is 0 Å². The molecule has 2 aromatic carbocycles. The Morgan fingerprint density at radius 3 is 2.04 bits per heavy atom. The summed E-state index contributed by atoms with van der Waals surface area (Å²) < 4.78 is 0. The lowest BCUT2D eigenvalue weighted by Gasteiger charge is -2.41. The van der Waals surface area contributed by atoms with Gasteiger partial charge < -0.3 is 10.2 Å². The summed E-state index contributed by atoms with van der Waals surface area (Å²) in [6.07, 6.45) is 3.75. The number of hydrogen-bond donors (Lipinski definition) is 1. The number of likely N-dealkylation sites (tertiary alicyclic amines) is 1. The maximum atomic E-state index is 3.26. The molecule has 0 amide bonds. The third-order valence-electron chi connectivity index (χ3n) is 5.79. The quantitative estimate of drug-likeness (QED) is 0.867. The number of nitrogens with one attached hydrogen (secondary N) is 1. The van der Waals surface area contributed by atoms with E-state index in [1.54, 1.807) is 11.1 Å². The molecule has 2 heteroatoms. The molecule has 0 saturated carbocycles. The third kappa shape index (κ3) is 2.41. The molecule has 0 unspecified atom stereocenters. The molecule has 1 heterocycles. The second kappa shape index (κ2) is 6.10. The van der Waals surface area contributed by atoms with Gasteiger partial charge in [0.05, 0.1) is 0 Å². The Kier molecular flexibility index (Phi) is 3.96. The SMILES string of the molecule is CNCCCN1CCC2(CC1)c1ccccc1-c1ccccc12. The van der Waals surface area contributed by atoms with Gasteiger partial charge in [-0.05, 0) is 74.7 Å². The molecule has 1 aliphatic heterocycles. The molecule has 2 aromatic rings. The fourth-order valence-electron chi connectivity index (χ4n) is 4.59. The van der Waals surface area contributed by atoms with Gasteiger partial charge in [-0.3, -0.25) is 0 Å². The van der Waals surface area contributed by atoms with Gasteiger partial charge in [-0.2, -0.15) is 0 Å². The van der Waals surface area contributed by atoms with E-state index >= 15 is 0 Å². The van der Waals surface area contributed by atoms with Crippen molar-refractivity contribution in [3.63, 3.8) is 0 Å². The first-order valence-corrected chi connectivity index (χ1v) is 8.91. The topological polar surface area (TPSA) is 15.3 Å². The van der Waals surface area contributed by atoms with Crippen molar-refractivity contribution >= 4 is 0 Å². The Morgan fingerprint density at radius 1 is 0.913 bits per heavy atom. The first-order valence-electron chi connectivity index (χ1n) is 8.91. The zero-order chi connectivity index (χ0) is 15.7. The normalized spacial score (nSPS) is 18.8. The van der Waals surface area contributed by atoms with E-state index in [0.29, 0.717) is 0 Å². The van der Waals surface area contributed by atoms with E-state index in [1.165, 1.54) is 50.0 Å². The minimum absolute atomic E-state index is 0.257. The number of benzene rings is 2. The molecule has 4 rings (SSSR count). The fourth-order valence-corrected chi connectivity index (χ4v) is 4.59. The van der Waals surface area contributed by atoms with E-state index < -0.39 is 0 Å². The number of piperidine rings is 1. The lowest BCUT2D eigenvalue weighted by Crippen LogP contribution is -2.43. The standard InChI is InChI=1S/C21H26N2/c1-22-13-6-14-23-15-11-21(12-16-23)19-9-4-2-7-17(19)18-8-3-5-10-20(18)21/h2-5,7-10,22H,6,11-16H2,1H3. The summed E-state index contributed by atoms with van der Waals surface area (Å²) >= 11 is 0. The summed E-state index contributed by atoms with van der Waals surface area (Å²) in [4.78, 5) is 2.64. The van der Waals surface area contributed by atoms with Gasteiger partial charge in [0.15, 0.2) is 0 Å². The molecule has 2 nitrogen and oxygen atoms in total. The molecule has 120 valence electrons. The Morgan fingerprint density at radius 2 is 1.48 bits per heavy atom. The molecule has 0 bridgehead atoms. The predicted molar refractivity (Wildman–Crippen MR) is 96.9 cm³/mol. The van der Waals surface area contributed by atoms with Crippen molar-refractivity contribution in [2.75, 3.05) is 33.2 Å². The Balaban J connectivity index is 1.62. The van der Waals surface area contributed by atoms with Gasteiger partial charge >= 0.3 is 0 Å². The van der Waals surface area contributed by atoms with Crippen LogP contribution in [0, 0.1) is 0 Å². The molecule has 1 N–H and O–H groups in total. The number of hydrogen-bond acceptors (Lipinski definition) is 2. The maximum absolute atomic E-state index is 3.26. The molecule has 1 saturated heterocycles. The highest BCUT2D eigenvalue weighted by Gasteiger charge is 2.44. The largest absolute Gasteiger partial charge is 0.320 e. The van der Waals surface area contributed by atoms with Crippen molar-refractivity contribution in [1.82, 2.24) is 10.2 Å². The molecular formula is C21H26N2. The van der Waals surface area contributed by atoms with Gasteiger partial charge in [-0.25, -0.2) is 0 Å². The highest BCUT2D eigenvalue weighted by atomic mass is 15.1. The molecule has 0 atom stereocenters. The summed E-state index contributed by atoms with van der Waals surface area (Å²) in [7, 11) is 2.04. The molecule has 0 radical (unpaired) electrons. The maximum Gasteiger partial charge on any atom is 0.0239 e. The zero-order valence-corrected chi connectivity index (χ0v) is 14.0. The number of fused-ring (bicyclic) bond motifs is 5. The van der Waals surface area contributed by atoms with Crippen molar-refractivity contribution in [1.29, 1.82) is 0 Å². The Bertz CT molecular complexity index is 636. The van der Waals surface area contributed by atoms with Gasteiger partial charge in [-0.15, -0.1) is 0 Å². The Hall–Kier alpha value is -1.64. The smallest absolute Gasteiger partial charge is 0.0239 e. The summed E-state index contributed by atoms with van der Waals surface area (Å²) in [5.74, 6) is 0. The van der Waals surface area contributed by atoms with Crippen LogP contribution in [-0.4, -0.2) is 38.1 Å². The molecule has 23 heavy (non-hydrogen) atoms. The first kappa shape index (κ1) is 14.9. The number of nitrogens with zero attached hydrogens (tertiary/aromatic N) is 1. The van der Waals surface area contributed by atoms with Gasteiger partial charge in [0.25, 0.3) is 0 Å². The Labute approximate surface area is 139 Å². The molecule has 1 spiro atoms. The van der Waals surface area contributed by atoms with E-state index in [0.717, 1.165) is 6.54 Å². The van der Waals surface area contributed by atoms with Crippen molar-refractivity contribution in [3.05, 3.63) is 59.7 Å². The predicted octanol–water partition coefficient (Wildman–Crippen LogP) is 3.66. The molecule has 1 fully saturated rings. The van der Waals surface area contributed by atoms with Gasteiger partial charge in [0.1, 0.15) is 0 Å². The van der Waals surface area contributed by atoms with Crippen molar-refractivity contribution in [3.8, 4) is 11.1 Å². The molecule has 0 aromatic heterocycles. The average molecular weight is 306 g/mol. The van der Waals surface area contributed by atoms with Crippen LogP contribution in [0.3, 0.4) is 0 Å². The summed E-state index contributed by atoms with van der Waals surface area (Å²) in [6.45, 7) is 4.77. The van der Waals surface area contributed by atoms with E-state index in [4.69, 9.17) is 0 Å². The molecule has 2 aliphatic rings. The van der Waals surface area contributed by atoms with Crippen molar-refractivity contribution < 1.29 is 0 Å². The second-order valence-corrected chi connectivity index (χ2v) is 6.97. The molecule has 1 aliphatic carbocycles. The van der Waals surface area contributed by atoms with Gasteiger partial charge in [-0.1, -0.05) is 48.5 Å². The fraction of sp³-hybridized carbons (Fsp3) is 0.429. The minimum Gasteiger partial charge on any atom is -0.320 e. The van der Waals surface area contributed by atoms with Crippen LogP contribution >= 0.6 is 0 Å². The van der Waals surface area contributed by atoms with Crippen molar-refractivity contribution in [2.45, 2.75) is 24.7 Å². The van der Waals surface area contributed by atoms with E-state index in [1.807, 2.05) is 7.05 Å². The zero-order valence-electron chi connectivity index (χ0n) is 14.0. The van der Waals surface area contributed by atoms with Crippen LogP contribution < -0.4 is 5.32 Å². The first-order chi connectivity index (χ1) is 11.3. The van der Waals surface area contributed by atoms with Gasteiger partial charge in [0, 0.05) is 5.41 Å². The highest BCUT2D eigenvalue weighted by Crippen LogP contribution is 2.53. The van der Waals surface area contributed by atoms with Crippen LogP contribution in [0.15, 0.2) is 48.5 Å². The molecular weight excluding hydrogens is 280 g/mol. The lowest BCUT2D eigenvalue weighted by molar-refractivity contribution is 0.179. The van der Waals surface area contributed by atoms with Crippen LogP contribution in [-0.2, 0) is 5.41 Å². The summed E-state index contributed by atoms with van der Waals surface area (Å²) in [5, 5.41) is 3.26.